The molecule has 0 aliphatic carbocycles. The summed E-state index contributed by atoms with van der Waals surface area (Å²) >= 11 is 3.51. The minimum absolute atomic E-state index is 0.293. The second kappa shape index (κ2) is 7.73. The van der Waals surface area contributed by atoms with E-state index in [0.29, 0.717) is 17.4 Å². The van der Waals surface area contributed by atoms with Crippen LogP contribution in [-0.4, -0.2) is 38.8 Å². The van der Waals surface area contributed by atoms with Gasteiger partial charge in [-0.3, -0.25) is 10.9 Å². The van der Waals surface area contributed by atoms with Crippen LogP contribution in [-0.2, 0) is 0 Å². The van der Waals surface area contributed by atoms with Crippen LogP contribution >= 0.6 is 15.9 Å². The first-order valence-electron chi connectivity index (χ1n) is 9.13. The fourth-order valence-electron chi connectivity index (χ4n) is 4.01. The molecule has 24 heavy (non-hydrogen) atoms. The van der Waals surface area contributed by atoms with Crippen LogP contribution in [0.5, 0.6) is 0 Å². The highest BCUT2D eigenvalue weighted by atomic mass is 79.9. The van der Waals surface area contributed by atoms with E-state index in [2.05, 4.69) is 82.0 Å². The molecule has 2 aliphatic heterocycles. The van der Waals surface area contributed by atoms with Gasteiger partial charge >= 0.3 is 0 Å². The fourth-order valence-corrected chi connectivity index (χ4v) is 4.27. The maximum absolute atomic E-state index is 3.74. The molecule has 4 nitrogen and oxygen atoms in total. The first-order valence-corrected chi connectivity index (χ1v) is 9.92. The molecule has 3 rings (SSSR count). The van der Waals surface area contributed by atoms with E-state index >= 15 is 0 Å². The second-order valence-electron chi connectivity index (χ2n) is 8.36. The van der Waals surface area contributed by atoms with Gasteiger partial charge in [-0.15, -0.1) is 0 Å². The van der Waals surface area contributed by atoms with Crippen molar-refractivity contribution in [3.05, 3.63) is 28.7 Å². The lowest BCUT2D eigenvalue weighted by Crippen LogP contribution is -2.44. The van der Waals surface area contributed by atoms with Gasteiger partial charge in [0.25, 0.3) is 0 Å². The van der Waals surface area contributed by atoms with Crippen molar-refractivity contribution in [2.75, 3.05) is 37.6 Å². The van der Waals surface area contributed by atoms with Gasteiger partial charge in [0, 0.05) is 48.3 Å². The van der Waals surface area contributed by atoms with Gasteiger partial charge in [-0.25, -0.2) is 0 Å². The molecule has 0 saturated carbocycles. The van der Waals surface area contributed by atoms with Crippen molar-refractivity contribution in [3.63, 3.8) is 0 Å². The molecule has 3 unspecified atom stereocenters. The smallest absolute Gasteiger partial charge is 0.0367 e. The molecule has 3 atom stereocenters. The van der Waals surface area contributed by atoms with Gasteiger partial charge in [0.05, 0.1) is 0 Å². The number of anilines is 1. The normalized spacial score (nSPS) is 27.8. The van der Waals surface area contributed by atoms with Crippen molar-refractivity contribution in [3.8, 4) is 0 Å². The van der Waals surface area contributed by atoms with Gasteiger partial charge < -0.3 is 10.2 Å². The number of nitrogens with zero attached hydrogens (tertiary/aromatic N) is 1. The van der Waals surface area contributed by atoms with Crippen LogP contribution in [0, 0.1) is 17.3 Å². The molecule has 0 bridgehead atoms. The van der Waals surface area contributed by atoms with E-state index < -0.39 is 0 Å². The standard InChI is InChI=1S/C19H31BrN4/c1-19(2,3)18-15(12-22-23-18)11-21-10-14-8-9-24(13-14)17-6-4-16(20)5-7-17/h4-7,14-15,18,21-23H,8-13H2,1-3H3. The van der Waals surface area contributed by atoms with Crippen LogP contribution in [0.4, 0.5) is 5.69 Å². The summed E-state index contributed by atoms with van der Waals surface area (Å²) < 4.78 is 1.15. The zero-order valence-corrected chi connectivity index (χ0v) is 16.7. The summed E-state index contributed by atoms with van der Waals surface area (Å²) in [5.41, 5.74) is 8.43. The third kappa shape index (κ3) is 4.51. The molecule has 2 saturated heterocycles. The molecule has 0 radical (unpaired) electrons. The van der Waals surface area contributed by atoms with Crippen molar-refractivity contribution in [2.45, 2.75) is 33.2 Å². The van der Waals surface area contributed by atoms with E-state index in [9.17, 15) is 0 Å². The Morgan fingerprint density at radius 1 is 1.21 bits per heavy atom. The molecule has 1 aromatic carbocycles. The third-order valence-corrected chi connectivity index (χ3v) is 5.87. The highest BCUT2D eigenvalue weighted by Crippen LogP contribution is 2.27. The molecule has 2 heterocycles. The molecule has 5 heteroatoms. The molecule has 2 aliphatic rings. The summed E-state index contributed by atoms with van der Waals surface area (Å²) in [4.78, 5) is 2.51. The number of hydrazine groups is 1. The summed E-state index contributed by atoms with van der Waals surface area (Å²) in [7, 11) is 0. The highest BCUT2D eigenvalue weighted by Gasteiger charge is 2.35. The number of rotatable bonds is 5. The van der Waals surface area contributed by atoms with Gasteiger partial charge in [-0.05, 0) is 48.6 Å². The monoisotopic (exact) mass is 394 g/mol. The van der Waals surface area contributed by atoms with E-state index in [-0.39, 0.29) is 0 Å². The predicted octanol–water partition coefficient (Wildman–Crippen LogP) is 3.00. The Morgan fingerprint density at radius 2 is 1.96 bits per heavy atom. The zero-order valence-electron chi connectivity index (χ0n) is 15.1. The lowest BCUT2D eigenvalue weighted by atomic mass is 9.80. The largest absolute Gasteiger partial charge is 0.371 e. The van der Waals surface area contributed by atoms with E-state index in [4.69, 9.17) is 0 Å². The van der Waals surface area contributed by atoms with Crippen LogP contribution in [0.3, 0.4) is 0 Å². The number of hydrogen-bond donors (Lipinski definition) is 3. The van der Waals surface area contributed by atoms with Crippen LogP contribution in [0.15, 0.2) is 28.7 Å². The zero-order chi connectivity index (χ0) is 17.2. The van der Waals surface area contributed by atoms with E-state index in [1.165, 1.54) is 25.2 Å². The molecule has 1 aromatic rings. The van der Waals surface area contributed by atoms with E-state index in [1.807, 2.05) is 0 Å². The van der Waals surface area contributed by atoms with E-state index in [0.717, 1.165) is 30.0 Å². The maximum Gasteiger partial charge on any atom is 0.0367 e. The van der Waals surface area contributed by atoms with Crippen LogP contribution in [0.25, 0.3) is 0 Å². The van der Waals surface area contributed by atoms with Crippen LogP contribution < -0.4 is 21.1 Å². The average Bonchev–Trinajstić information content (AvgIpc) is 3.17. The number of benzene rings is 1. The van der Waals surface area contributed by atoms with Crippen molar-refractivity contribution >= 4 is 21.6 Å². The first kappa shape index (κ1) is 18.2. The fraction of sp³-hybridized carbons (Fsp3) is 0.684. The Bertz CT molecular complexity index is 525. The molecular formula is C19H31BrN4. The van der Waals surface area contributed by atoms with Crippen molar-refractivity contribution in [1.82, 2.24) is 16.2 Å². The topological polar surface area (TPSA) is 39.3 Å². The second-order valence-corrected chi connectivity index (χ2v) is 9.28. The summed E-state index contributed by atoms with van der Waals surface area (Å²) in [5, 5.41) is 3.74. The summed E-state index contributed by atoms with van der Waals surface area (Å²) in [6, 6.07) is 9.22. The first-order chi connectivity index (χ1) is 11.4. The third-order valence-electron chi connectivity index (χ3n) is 5.34. The SMILES string of the molecule is CC(C)(C)C1NNCC1CNCC1CCN(c2ccc(Br)cc2)C1. The molecule has 0 amide bonds. The lowest BCUT2D eigenvalue weighted by molar-refractivity contribution is 0.234. The Morgan fingerprint density at radius 3 is 2.67 bits per heavy atom. The summed E-state index contributed by atoms with van der Waals surface area (Å²) in [6.07, 6.45) is 1.28. The van der Waals surface area contributed by atoms with Crippen LogP contribution in [0.2, 0.25) is 0 Å². The van der Waals surface area contributed by atoms with E-state index in [1.54, 1.807) is 0 Å². The van der Waals surface area contributed by atoms with Gasteiger partial charge in [-0.2, -0.15) is 0 Å². The number of hydrogen-bond acceptors (Lipinski definition) is 4. The molecule has 134 valence electrons. The van der Waals surface area contributed by atoms with Crippen molar-refractivity contribution < 1.29 is 0 Å². The Kier molecular flexibility index (Phi) is 5.85. The summed E-state index contributed by atoms with van der Waals surface area (Å²) in [5.74, 6) is 1.41. The van der Waals surface area contributed by atoms with Crippen LogP contribution in [0.1, 0.15) is 27.2 Å². The minimum Gasteiger partial charge on any atom is -0.371 e. The van der Waals surface area contributed by atoms with Gasteiger partial charge in [0.1, 0.15) is 0 Å². The maximum atomic E-state index is 3.74. The van der Waals surface area contributed by atoms with Gasteiger partial charge in [0.15, 0.2) is 0 Å². The Balaban J connectivity index is 1.42. The number of nitrogens with one attached hydrogen (secondary N) is 3. The Labute approximate surface area is 154 Å². The van der Waals surface area contributed by atoms with Crippen molar-refractivity contribution in [2.24, 2.45) is 17.3 Å². The predicted molar refractivity (Wildman–Crippen MR) is 105 cm³/mol. The molecule has 2 fully saturated rings. The molecular weight excluding hydrogens is 364 g/mol. The number of halogens is 1. The quantitative estimate of drug-likeness (QED) is 0.717. The lowest BCUT2D eigenvalue weighted by Gasteiger charge is -2.31. The average molecular weight is 395 g/mol. The van der Waals surface area contributed by atoms with Gasteiger partial charge in [-0.1, -0.05) is 36.7 Å². The highest BCUT2D eigenvalue weighted by molar-refractivity contribution is 9.10. The minimum atomic E-state index is 0.293. The van der Waals surface area contributed by atoms with Gasteiger partial charge in [0.2, 0.25) is 0 Å². The Hall–Kier alpha value is -0.620. The molecule has 3 N–H and O–H groups in total. The van der Waals surface area contributed by atoms with Crippen molar-refractivity contribution in [1.29, 1.82) is 0 Å². The molecule has 0 spiro atoms. The summed E-state index contributed by atoms with van der Waals surface area (Å²) in [6.45, 7) is 12.6. The molecule has 0 aromatic heterocycles.